The molecule has 0 amide bonds. The summed E-state index contributed by atoms with van der Waals surface area (Å²) in [5.74, 6) is -0.857. The number of halogens is 1. The van der Waals surface area contributed by atoms with Crippen molar-refractivity contribution in [3.05, 3.63) is 29.6 Å². The molecule has 0 radical (unpaired) electrons. The molecule has 0 aliphatic carbocycles. The molecular weight excluding hydrogens is 261 g/mol. The maximum absolute atomic E-state index is 13.5. The Kier molecular flexibility index (Phi) is 5.21. The van der Waals surface area contributed by atoms with Crippen molar-refractivity contribution >= 4 is 10.0 Å². The zero-order valence-electron chi connectivity index (χ0n) is 10.2. The van der Waals surface area contributed by atoms with E-state index in [-0.39, 0.29) is 13.2 Å². The highest BCUT2D eigenvalue weighted by atomic mass is 32.2. The van der Waals surface area contributed by atoms with Gasteiger partial charge in [-0.2, -0.15) is 0 Å². The fraction of sp³-hybridized carbons (Fsp3) is 0.455. The molecule has 0 spiro atoms. The van der Waals surface area contributed by atoms with Crippen molar-refractivity contribution in [1.29, 1.82) is 0 Å². The highest BCUT2D eigenvalue weighted by Gasteiger charge is 2.21. The summed E-state index contributed by atoms with van der Waals surface area (Å²) in [4.78, 5) is -0.475. The van der Waals surface area contributed by atoms with Crippen LogP contribution in [0.4, 0.5) is 4.39 Å². The van der Waals surface area contributed by atoms with Crippen LogP contribution in [0.1, 0.15) is 12.5 Å². The summed E-state index contributed by atoms with van der Waals surface area (Å²) >= 11 is 0. The SMILES string of the molecule is COCC(C)NS(=O)(=O)c1cc(CO)ccc1F. The molecule has 0 saturated carbocycles. The van der Waals surface area contributed by atoms with Gasteiger partial charge < -0.3 is 9.84 Å². The van der Waals surface area contributed by atoms with Gasteiger partial charge in [-0.3, -0.25) is 0 Å². The molecule has 7 heteroatoms. The largest absolute Gasteiger partial charge is 0.392 e. The predicted octanol–water partition coefficient (Wildman–Crippen LogP) is 0.631. The van der Waals surface area contributed by atoms with Crippen molar-refractivity contribution in [3.8, 4) is 0 Å². The molecule has 0 bridgehead atoms. The van der Waals surface area contributed by atoms with Gasteiger partial charge in [-0.1, -0.05) is 6.07 Å². The lowest BCUT2D eigenvalue weighted by molar-refractivity contribution is 0.180. The van der Waals surface area contributed by atoms with E-state index < -0.39 is 26.8 Å². The van der Waals surface area contributed by atoms with Crippen molar-refractivity contribution in [2.45, 2.75) is 24.5 Å². The molecule has 0 aromatic heterocycles. The van der Waals surface area contributed by atoms with Crippen LogP contribution >= 0.6 is 0 Å². The van der Waals surface area contributed by atoms with Crippen molar-refractivity contribution in [3.63, 3.8) is 0 Å². The standard InChI is InChI=1S/C11H16FNO4S/c1-8(7-17-2)13-18(15,16)11-5-9(6-14)3-4-10(11)12/h3-5,8,13-14H,6-7H2,1-2H3. The lowest BCUT2D eigenvalue weighted by Crippen LogP contribution is -2.36. The Morgan fingerprint density at radius 1 is 1.50 bits per heavy atom. The summed E-state index contributed by atoms with van der Waals surface area (Å²) in [7, 11) is -2.52. The molecule has 0 saturated heterocycles. The second kappa shape index (κ2) is 6.24. The van der Waals surface area contributed by atoms with E-state index in [0.717, 1.165) is 12.1 Å². The Bertz CT molecular complexity index is 504. The van der Waals surface area contributed by atoms with Crippen LogP contribution in [-0.4, -0.2) is 33.3 Å². The van der Waals surface area contributed by atoms with Crippen LogP contribution in [0, 0.1) is 5.82 Å². The molecule has 102 valence electrons. The van der Waals surface area contributed by atoms with Gasteiger partial charge in [-0.15, -0.1) is 0 Å². The Morgan fingerprint density at radius 2 is 2.17 bits per heavy atom. The Balaban J connectivity index is 3.04. The first kappa shape index (κ1) is 15.0. The monoisotopic (exact) mass is 277 g/mol. The van der Waals surface area contributed by atoms with Crippen LogP contribution in [-0.2, 0) is 21.4 Å². The second-order valence-electron chi connectivity index (χ2n) is 3.90. The molecule has 0 fully saturated rings. The number of methoxy groups -OCH3 is 1. The first-order valence-corrected chi connectivity index (χ1v) is 6.79. The first-order valence-electron chi connectivity index (χ1n) is 5.31. The number of aliphatic hydroxyl groups excluding tert-OH is 1. The molecule has 0 aliphatic heterocycles. The van der Waals surface area contributed by atoms with Gasteiger partial charge >= 0.3 is 0 Å². The number of aliphatic hydroxyl groups is 1. The van der Waals surface area contributed by atoms with Crippen LogP contribution in [0.15, 0.2) is 23.1 Å². The Labute approximate surface area is 106 Å². The molecular formula is C11H16FNO4S. The first-order chi connectivity index (χ1) is 8.40. The van der Waals surface area contributed by atoms with E-state index in [4.69, 9.17) is 9.84 Å². The van der Waals surface area contributed by atoms with Crippen molar-refractivity contribution in [1.82, 2.24) is 4.72 Å². The number of nitrogens with one attached hydrogen (secondary N) is 1. The summed E-state index contributed by atoms with van der Waals surface area (Å²) < 4.78 is 44.4. The number of hydrogen-bond acceptors (Lipinski definition) is 4. The molecule has 1 atom stereocenters. The predicted molar refractivity (Wildman–Crippen MR) is 64.0 cm³/mol. The summed E-state index contributed by atoms with van der Waals surface area (Å²) in [6.07, 6.45) is 0. The minimum Gasteiger partial charge on any atom is -0.392 e. The lowest BCUT2D eigenvalue weighted by Gasteiger charge is -2.14. The Morgan fingerprint density at radius 3 is 2.72 bits per heavy atom. The third kappa shape index (κ3) is 3.74. The van der Waals surface area contributed by atoms with Crippen LogP contribution < -0.4 is 4.72 Å². The van der Waals surface area contributed by atoms with Crippen LogP contribution in [0.25, 0.3) is 0 Å². The van der Waals surface area contributed by atoms with Gasteiger partial charge in [0.2, 0.25) is 10.0 Å². The van der Waals surface area contributed by atoms with Crippen LogP contribution in [0.3, 0.4) is 0 Å². The third-order valence-corrected chi connectivity index (χ3v) is 3.85. The number of ether oxygens (including phenoxy) is 1. The van der Waals surface area contributed by atoms with E-state index in [1.54, 1.807) is 6.92 Å². The smallest absolute Gasteiger partial charge is 0.243 e. The number of sulfonamides is 1. The minimum atomic E-state index is -3.96. The quantitative estimate of drug-likeness (QED) is 0.799. The molecule has 0 heterocycles. The maximum atomic E-state index is 13.5. The van der Waals surface area contributed by atoms with Crippen molar-refractivity contribution in [2.75, 3.05) is 13.7 Å². The van der Waals surface area contributed by atoms with Gasteiger partial charge in [0.25, 0.3) is 0 Å². The van der Waals surface area contributed by atoms with E-state index in [0.29, 0.717) is 5.56 Å². The average molecular weight is 277 g/mol. The summed E-state index contributed by atoms with van der Waals surface area (Å²) in [5, 5.41) is 8.93. The van der Waals surface area contributed by atoms with Crippen molar-refractivity contribution < 1.29 is 22.7 Å². The fourth-order valence-electron chi connectivity index (χ4n) is 1.46. The van der Waals surface area contributed by atoms with Gasteiger partial charge in [0.15, 0.2) is 0 Å². The number of rotatable bonds is 6. The molecule has 18 heavy (non-hydrogen) atoms. The molecule has 0 aliphatic rings. The summed E-state index contributed by atoms with van der Waals surface area (Å²) in [5.41, 5.74) is 0.330. The average Bonchev–Trinajstić information content (AvgIpc) is 2.29. The normalized spacial score (nSPS) is 13.6. The van der Waals surface area contributed by atoms with Gasteiger partial charge in [-0.05, 0) is 24.6 Å². The van der Waals surface area contributed by atoms with E-state index in [9.17, 15) is 12.8 Å². The lowest BCUT2D eigenvalue weighted by atomic mass is 10.2. The van der Waals surface area contributed by atoms with Gasteiger partial charge in [-0.25, -0.2) is 17.5 Å². The van der Waals surface area contributed by atoms with E-state index >= 15 is 0 Å². The van der Waals surface area contributed by atoms with E-state index in [1.165, 1.54) is 13.2 Å². The minimum absolute atomic E-state index is 0.181. The Hall–Kier alpha value is -1.02. The van der Waals surface area contributed by atoms with E-state index in [2.05, 4.69) is 4.72 Å². The summed E-state index contributed by atoms with van der Waals surface area (Å²) in [6.45, 7) is 1.44. The molecule has 5 nitrogen and oxygen atoms in total. The zero-order valence-corrected chi connectivity index (χ0v) is 11.0. The fourth-order valence-corrected chi connectivity index (χ4v) is 2.82. The van der Waals surface area contributed by atoms with E-state index in [1.807, 2.05) is 0 Å². The van der Waals surface area contributed by atoms with Crippen LogP contribution in [0.5, 0.6) is 0 Å². The highest BCUT2D eigenvalue weighted by molar-refractivity contribution is 7.89. The molecule has 1 unspecified atom stereocenters. The van der Waals surface area contributed by atoms with Crippen molar-refractivity contribution in [2.24, 2.45) is 0 Å². The number of benzene rings is 1. The topological polar surface area (TPSA) is 75.6 Å². The van der Waals surface area contributed by atoms with Gasteiger partial charge in [0, 0.05) is 13.2 Å². The van der Waals surface area contributed by atoms with Crippen LogP contribution in [0.2, 0.25) is 0 Å². The molecule has 1 aromatic carbocycles. The van der Waals surface area contributed by atoms with Gasteiger partial charge in [0.05, 0.1) is 13.2 Å². The molecule has 2 N–H and O–H groups in total. The summed E-state index contributed by atoms with van der Waals surface area (Å²) in [6, 6.07) is 2.97. The van der Waals surface area contributed by atoms with Gasteiger partial charge in [0.1, 0.15) is 10.7 Å². The maximum Gasteiger partial charge on any atom is 0.243 e. The second-order valence-corrected chi connectivity index (χ2v) is 5.58. The molecule has 1 aromatic rings. The zero-order chi connectivity index (χ0) is 13.8. The third-order valence-electron chi connectivity index (χ3n) is 2.24. The number of hydrogen-bond donors (Lipinski definition) is 2. The molecule has 1 rings (SSSR count). The highest BCUT2D eigenvalue weighted by Crippen LogP contribution is 2.16.